The molecule has 176 valence electrons. The van der Waals surface area contributed by atoms with Crippen molar-refractivity contribution in [1.82, 2.24) is 15.2 Å². The minimum absolute atomic E-state index is 0.143. The van der Waals surface area contributed by atoms with E-state index in [9.17, 15) is 10.1 Å². The normalized spacial score (nSPS) is 18.6. The Kier molecular flexibility index (Phi) is 7.80. The smallest absolute Gasteiger partial charge is 0.221 e. The number of nitrogens with one attached hydrogen (secondary N) is 2. The summed E-state index contributed by atoms with van der Waals surface area (Å²) in [5.41, 5.74) is 10.2. The molecule has 0 saturated carbocycles. The Morgan fingerprint density at radius 1 is 1.26 bits per heavy atom. The van der Waals surface area contributed by atoms with Crippen LogP contribution < -0.4 is 16.4 Å². The highest BCUT2D eigenvalue weighted by atomic mass is 32.2. The fourth-order valence-electron chi connectivity index (χ4n) is 3.74. The predicted octanol–water partition coefficient (Wildman–Crippen LogP) is 2.28. The van der Waals surface area contributed by atoms with E-state index in [-0.39, 0.29) is 17.2 Å². The fraction of sp³-hybridized carbons (Fsp3) is 0.333. The number of ether oxygens (including phenoxy) is 1. The highest BCUT2D eigenvalue weighted by molar-refractivity contribution is 7.99. The number of anilines is 1. The quantitative estimate of drug-likeness (QED) is 0.554. The molecule has 2 aliphatic rings. The van der Waals surface area contributed by atoms with Crippen molar-refractivity contribution in [1.29, 1.82) is 5.26 Å². The average Bonchev–Trinajstić information content (AvgIpc) is 2.83. The molecule has 1 amide bonds. The SMILES string of the molecule is CC(=O)Nc1ccc(C2=C(C#N)C(N)=NC(SCc3cccc(CN4CCOCC4)n3)N2)cc1. The summed E-state index contributed by atoms with van der Waals surface area (Å²) in [5.74, 6) is 0.701. The second-order valence-electron chi connectivity index (χ2n) is 7.95. The van der Waals surface area contributed by atoms with Crippen LogP contribution in [0, 0.1) is 11.3 Å². The van der Waals surface area contributed by atoms with Crippen LogP contribution >= 0.6 is 11.8 Å². The molecular formula is C24H27N7O2S. The van der Waals surface area contributed by atoms with Crippen molar-refractivity contribution < 1.29 is 9.53 Å². The molecule has 1 atom stereocenters. The van der Waals surface area contributed by atoms with E-state index in [1.807, 2.05) is 30.3 Å². The molecule has 4 N–H and O–H groups in total. The maximum atomic E-state index is 11.3. The van der Waals surface area contributed by atoms with Gasteiger partial charge in [-0.25, -0.2) is 4.99 Å². The minimum Gasteiger partial charge on any atom is -0.383 e. The van der Waals surface area contributed by atoms with E-state index in [2.05, 4.69) is 26.6 Å². The van der Waals surface area contributed by atoms with E-state index in [1.54, 1.807) is 23.9 Å². The van der Waals surface area contributed by atoms with E-state index in [0.717, 1.165) is 49.8 Å². The van der Waals surface area contributed by atoms with Crippen LogP contribution in [0.3, 0.4) is 0 Å². The van der Waals surface area contributed by atoms with E-state index in [4.69, 9.17) is 15.5 Å². The van der Waals surface area contributed by atoms with Crippen molar-refractivity contribution in [2.24, 2.45) is 10.7 Å². The molecule has 2 aromatic rings. The van der Waals surface area contributed by atoms with Gasteiger partial charge in [0, 0.05) is 38.0 Å². The first-order valence-electron chi connectivity index (χ1n) is 11.0. The zero-order chi connectivity index (χ0) is 23.9. The number of aromatic nitrogens is 1. The molecule has 4 rings (SSSR count). The Labute approximate surface area is 203 Å². The van der Waals surface area contributed by atoms with E-state index >= 15 is 0 Å². The number of nitrogens with zero attached hydrogens (tertiary/aromatic N) is 4. The number of pyridine rings is 1. The van der Waals surface area contributed by atoms with Crippen molar-refractivity contribution in [3.05, 3.63) is 65.0 Å². The van der Waals surface area contributed by atoms with Crippen molar-refractivity contribution in [3.63, 3.8) is 0 Å². The van der Waals surface area contributed by atoms with Crippen LogP contribution in [0.5, 0.6) is 0 Å². The molecule has 0 aliphatic carbocycles. The first-order valence-corrected chi connectivity index (χ1v) is 12.1. The molecule has 1 aromatic heterocycles. The summed E-state index contributed by atoms with van der Waals surface area (Å²) in [6.07, 6.45) is 0. The summed E-state index contributed by atoms with van der Waals surface area (Å²) in [7, 11) is 0. The number of hydrogen-bond donors (Lipinski definition) is 3. The maximum absolute atomic E-state index is 11.3. The Bertz CT molecular complexity index is 1130. The van der Waals surface area contributed by atoms with Crippen LogP contribution in [0.15, 0.2) is 53.0 Å². The van der Waals surface area contributed by atoms with Crippen LogP contribution in [0.1, 0.15) is 23.9 Å². The molecule has 2 aliphatic heterocycles. The molecule has 0 bridgehead atoms. The number of hydrogen-bond acceptors (Lipinski definition) is 9. The lowest BCUT2D eigenvalue weighted by molar-refractivity contribution is -0.114. The van der Waals surface area contributed by atoms with Crippen LogP contribution in [0.4, 0.5) is 5.69 Å². The van der Waals surface area contributed by atoms with Gasteiger partial charge < -0.3 is 21.1 Å². The molecule has 3 heterocycles. The summed E-state index contributed by atoms with van der Waals surface area (Å²) >= 11 is 1.56. The third-order valence-electron chi connectivity index (χ3n) is 5.38. The van der Waals surface area contributed by atoms with Crippen LogP contribution in [0.2, 0.25) is 0 Å². The predicted molar refractivity (Wildman–Crippen MR) is 133 cm³/mol. The number of carbonyl (C=O) groups excluding carboxylic acids is 1. The highest BCUT2D eigenvalue weighted by Gasteiger charge is 2.23. The van der Waals surface area contributed by atoms with Crippen LogP contribution in [-0.4, -0.2) is 53.4 Å². The monoisotopic (exact) mass is 477 g/mol. The second kappa shape index (κ2) is 11.2. The van der Waals surface area contributed by atoms with Gasteiger partial charge in [-0.3, -0.25) is 14.7 Å². The zero-order valence-corrected chi connectivity index (χ0v) is 19.8. The summed E-state index contributed by atoms with van der Waals surface area (Å²) in [6.45, 7) is 5.63. The van der Waals surface area contributed by atoms with Crippen molar-refractivity contribution in [2.75, 3.05) is 31.6 Å². The van der Waals surface area contributed by atoms with Gasteiger partial charge in [-0.15, -0.1) is 11.8 Å². The van der Waals surface area contributed by atoms with Crippen molar-refractivity contribution in [2.45, 2.75) is 24.7 Å². The molecule has 34 heavy (non-hydrogen) atoms. The Hall–Kier alpha value is -3.39. The van der Waals surface area contributed by atoms with Gasteiger partial charge in [0.2, 0.25) is 5.91 Å². The number of aliphatic imine (C=N–C) groups is 1. The van der Waals surface area contributed by atoms with Gasteiger partial charge in [0.05, 0.1) is 30.3 Å². The second-order valence-corrected chi connectivity index (χ2v) is 9.02. The van der Waals surface area contributed by atoms with Crippen LogP contribution in [0.25, 0.3) is 5.70 Å². The summed E-state index contributed by atoms with van der Waals surface area (Å²) in [5, 5.41) is 15.7. The lowest BCUT2D eigenvalue weighted by Crippen LogP contribution is -2.35. The zero-order valence-electron chi connectivity index (χ0n) is 19.0. The molecule has 1 saturated heterocycles. The standard InChI is InChI=1S/C24H27N7O2S/c1-16(32)27-18-7-5-17(6-8-18)22-21(13-25)23(26)30-24(29-22)34-15-20-4-2-3-19(28-20)14-31-9-11-33-12-10-31/h2-8,24,29H,9-12,14-15H2,1H3,(H2,26,30)(H,27,32). The van der Waals surface area contributed by atoms with Crippen molar-refractivity contribution in [3.8, 4) is 6.07 Å². The first-order chi connectivity index (χ1) is 16.5. The molecule has 9 nitrogen and oxygen atoms in total. The molecular weight excluding hydrogens is 450 g/mol. The minimum atomic E-state index is -0.355. The number of thioether (sulfide) groups is 1. The largest absolute Gasteiger partial charge is 0.383 e. The molecule has 1 fully saturated rings. The number of rotatable bonds is 7. The van der Waals surface area contributed by atoms with Gasteiger partial charge >= 0.3 is 0 Å². The summed E-state index contributed by atoms with van der Waals surface area (Å²) in [4.78, 5) is 22.9. The topological polar surface area (TPSA) is 129 Å². The van der Waals surface area contributed by atoms with Gasteiger partial charge in [-0.2, -0.15) is 5.26 Å². The third-order valence-corrected chi connectivity index (χ3v) is 6.38. The Balaban J connectivity index is 1.42. The fourth-order valence-corrected chi connectivity index (χ4v) is 4.62. The number of carbonyl (C=O) groups is 1. The van der Waals surface area contributed by atoms with Gasteiger partial charge in [0.15, 0.2) is 5.50 Å². The van der Waals surface area contributed by atoms with E-state index < -0.39 is 0 Å². The molecule has 10 heteroatoms. The lowest BCUT2D eigenvalue weighted by Gasteiger charge is -2.26. The highest BCUT2D eigenvalue weighted by Crippen LogP contribution is 2.27. The van der Waals surface area contributed by atoms with E-state index in [1.165, 1.54) is 6.92 Å². The average molecular weight is 478 g/mol. The van der Waals surface area contributed by atoms with E-state index in [0.29, 0.717) is 22.7 Å². The van der Waals surface area contributed by atoms with Crippen LogP contribution in [-0.2, 0) is 21.8 Å². The molecule has 0 radical (unpaired) electrons. The lowest BCUT2D eigenvalue weighted by atomic mass is 10.0. The summed E-state index contributed by atoms with van der Waals surface area (Å²) < 4.78 is 5.42. The summed E-state index contributed by atoms with van der Waals surface area (Å²) in [6, 6.07) is 15.5. The number of nitrogens with two attached hydrogens (primary N) is 1. The third kappa shape index (κ3) is 6.14. The maximum Gasteiger partial charge on any atom is 0.221 e. The first kappa shape index (κ1) is 23.8. The van der Waals surface area contributed by atoms with Gasteiger partial charge in [-0.05, 0) is 29.8 Å². The number of benzene rings is 1. The molecule has 0 spiro atoms. The Morgan fingerprint density at radius 2 is 2.00 bits per heavy atom. The van der Waals surface area contributed by atoms with Gasteiger partial charge in [0.1, 0.15) is 17.5 Å². The Morgan fingerprint density at radius 3 is 2.71 bits per heavy atom. The molecule has 1 unspecified atom stereocenters. The number of morpholine rings is 1. The number of nitriles is 1. The van der Waals surface area contributed by atoms with Gasteiger partial charge in [-0.1, -0.05) is 18.2 Å². The number of amides is 1. The molecule has 1 aromatic carbocycles. The van der Waals surface area contributed by atoms with Gasteiger partial charge in [0.25, 0.3) is 0 Å². The van der Waals surface area contributed by atoms with Crippen molar-refractivity contribution >= 4 is 34.9 Å². The number of amidine groups is 1.